The Balaban J connectivity index is 1.61. The average Bonchev–Trinajstić information content (AvgIpc) is 3.13. The highest BCUT2D eigenvalue weighted by atomic mass is 32.2. The Labute approximate surface area is 138 Å². The zero-order chi connectivity index (χ0) is 15.4. The number of thioether (sulfide) groups is 1. The highest BCUT2D eigenvalue weighted by Crippen LogP contribution is 2.32. The zero-order valence-corrected chi connectivity index (χ0v) is 14.3. The molecule has 0 unspecified atom stereocenters. The van der Waals surface area contributed by atoms with Crippen molar-refractivity contribution in [2.75, 3.05) is 13.0 Å². The van der Waals surface area contributed by atoms with Crippen LogP contribution in [-0.4, -0.2) is 27.0 Å². The molecule has 3 rings (SSSR count). The van der Waals surface area contributed by atoms with Crippen molar-refractivity contribution < 1.29 is 4.74 Å². The summed E-state index contributed by atoms with van der Waals surface area (Å²) in [5, 5.41) is 12.4. The van der Waals surface area contributed by atoms with Crippen LogP contribution in [0.15, 0.2) is 10.5 Å². The molecule has 1 fully saturated rings. The molecule has 0 aromatic carbocycles. The molecule has 2 N–H and O–H groups in total. The molecule has 8 heteroatoms. The number of nitrogens with two attached hydrogens (primary N) is 1. The summed E-state index contributed by atoms with van der Waals surface area (Å²) in [6.45, 7) is 0.564. The number of hydrogen-bond acceptors (Lipinski definition) is 7. The Morgan fingerprint density at radius 2 is 2.18 bits per heavy atom. The fourth-order valence-corrected chi connectivity index (χ4v) is 4.39. The molecule has 6 nitrogen and oxygen atoms in total. The first-order valence-electron chi connectivity index (χ1n) is 7.53. The van der Waals surface area contributed by atoms with Crippen molar-refractivity contribution >= 4 is 23.1 Å². The maximum absolute atomic E-state index is 6.18. The van der Waals surface area contributed by atoms with E-state index >= 15 is 0 Å². The minimum atomic E-state index is 0.466. The maximum Gasteiger partial charge on any atom is 0.210 e. The first kappa shape index (κ1) is 15.8. The van der Waals surface area contributed by atoms with Crippen molar-refractivity contribution in [2.24, 2.45) is 0 Å². The summed E-state index contributed by atoms with van der Waals surface area (Å²) < 4.78 is 6.76. The zero-order valence-electron chi connectivity index (χ0n) is 12.7. The van der Waals surface area contributed by atoms with Crippen molar-refractivity contribution in [3.63, 3.8) is 0 Å². The predicted molar refractivity (Wildman–Crippen MR) is 88.4 cm³/mol. The lowest BCUT2D eigenvalue weighted by Gasteiger charge is -2.20. The van der Waals surface area contributed by atoms with Gasteiger partial charge in [-0.25, -0.2) is 9.66 Å². The van der Waals surface area contributed by atoms with E-state index in [9.17, 15) is 0 Å². The van der Waals surface area contributed by atoms with Gasteiger partial charge in [0.05, 0.1) is 12.3 Å². The monoisotopic (exact) mass is 339 g/mol. The number of rotatable bonds is 6. The smallest absolute Gasteiger partial charge is 0.210 e. The number of hydrogen-bond donors (Lipinski definition) is 1. The van der Waals surface area contributed by atoms with Gasteiger partial charge in [-0.15, -0.1) is 21.5 Å². The Kier molecular flexibility index (Phi) is 5.32. The van der Waals surface area contributed by atoms with Gasteiger partial charge in [0.1, 0.15) is 5.01 Å². The van der Waals surface area contributed by atoms with Gasteiger partial charge >= 0.3 is 0 Å². The molecular formula is C14H21N5OS2. The fourth-order valence-electron chi connectivity index (χ4n) is 2.77. The van der Waals surface area contributed by atoms with E-state index in [1.807, 2.05) is 0 Å². The third kappa shape index (κ3) is 3.61. The summed E-state index contributed by atoms with van der Waals surface area (Å²) in [6, 6.07) is 0. The van der Waals surface area contributed by atoms with E-state index in [-0.39, 0.29) is 0 Å². The second-order valence-corrected chi connectivity index (χ2v) is 7.39. The SMILES string of the molecule is COCc1nc(CSc2nnc(C3CCCCC3)n2N)cs1. The van der Waals surface area contributed by atoms with Gasteiger partial charge in [-0.05, 0) is 12.8 Å². The second kappa shape index (κ2) is 7.43. The van der Waals surface area contributed by atoms with Crippen LogP contribution >= 0.6 is 23.1 Å². The van der Waals surface area contributed by atoms with Crippen molar-refractivity contribution in [1.82, 2.24) is 19.9 Å². The topological polar surface area (TPSA) is 78.9 Å². The molecule has 1 aliphatic rings. The molecule has 2 aromatic rings. The molecule has 0 radical (unpaired) electrons. The first-order valence-corrected chi connectivity index (χ1v) is 9.40. The van der Waals surface area contributed by atoms with E-state index < -0.39 is 0 Å². The molecular weight excluding hydrogens is 318 g/mol. The molecule has 1 saturated carbocycles. The van der Waals surface area contributed by atoms with E-state index in [0.29, 0.717) is 12.5 Å². The minimum absolute atomic E-state index is 0.466. The van der Waals surface area contributed by atoms with Crippen LogP contribution < -0.4 is 5.84 Å². The van der Waals surface area contributed by atoms with Gasteiger partial charge in [0.25, 0.3) is 0 Å². The van der Waals surface area contributed by atoms with Gasteiger partial charge in [0.15, 0.2) is 5.82 Å². The Hall–Kier alpha value is -1.12. The van der Waals surface area contributed by atoms with Gasteiger partial charge in [-0.2, -0.15) is 0 Å². The van der Waals surface area contributed by atoms with E-state index in [2.05, 4.69) is 20.6 Å². The maximum atomic E-state index is 6.18. The number of thiazole rings is 1. The minimum Gasteiger partial charge on any atom is -0.378 e. The van der Waals surface area contributed by atoms with E-state index in [1.54, 1.807) is 34.9 Å². The fraction of sp³-hybridized carbons (Fsp3) is 0.643. The number of ether oxygens (including phenoxy) is 1. The molecule has 2 aromatic heterocycles. The van der Waals surface area contributed by atoms with E-state index in [4.69, 9.17) is 10.6 Å². The molecule has 22 heavy (non-hydrogen) atoms. The third-order valence-corrected chi connectivity index (χ3v) is 5.73. The van der Waals surface area contributed by atoms with Crippen molar-refractivity contribution in [3.05, 3.63) is 21.9 Å². The molecule has 0 amide bonds. The van der Waals surface area contributed by atoms with E-state index in [1.165, 1.54) is 32.1 Å². The summed E-state index contributed by atoms with van der Waals surface area (Å²) in [5.74, 6) is 8.33. The normalized spacial score (nSPS) is 16.2. The summed E-state index contributed by atoms with van der Waals surface area (Å²) in [5.41, 5.74) is 1.03. The van der Waals surface area contributed by atoms with Gasteiger partial charge in [0.2, 0.25) is 5.16 Å². The summed E-state index contributed by atoms with van der Waals surface area (Å²) in [7, 11) is 1.68. The summed E-state index contributed by atoms with van der Waals surface area (Å²) >= 11 is 3.20. The van der Waals surface area contributed by atoms with Crippen LogP contribution in [0, 0.1) is 0 Å². The lowest BCUT2D eigenvalue weighted by atomic mass is 9.89. The van der Waals surface area contributed by atoms with Crippen molar-refractivity contribution in [3.8, 4) is 0 Å². The first-order chi connectivity index (χ1) is 10.8. The van der Waals surface area contributed by atoms with Crippen LogP contribution in [0.5, 0.6) is 0 Å². The van der Waals surface area contributed by atoms with Crippen LogP contribution in [0.25, 0.3) is 0 Å². The Morgan fingerprint density at radius 3 is 2.95 bits per heavy atom. The van der Waals surface area contributed by atoms with Crippen molar-refractivity contribution in [1.29, 1.82) is 0 Å². The standard InChI is InChI=1S/C14H21N5OS2/c1-20-7-12-16-11(8-21-12)9-22-14-18-17-13(19(14)15)10-5-3-2-4-6-10/h8,10H,2-7,9,15H2,1H3. The Morgan fingerprint density at radius 1 is 1.36 bits per heavy atom. The molecule has 0 bridgehead atoms. The predicted octanol–water partition coefficient (Wildman–Crippen LogP) is 2.93. The lowest BCUT2D eigenvalue weighted by molar-refractivity contribution is 0.184. The molecule has 2 heterocycles. The molecule has 0 spiro atoms. The highest BCUT2D eigenvalue weighted by molar-refractivity contribution is 7.98. The quantitative estimate of drug-likeness (QED) is 0.644. The van der Waals surface area contributed by atoms with Gasteiger partial charge in [0, 0.05) is 24.2 Å². The highest BCUT2D eigenvalue weighted by Gasteiger charge is 2.22. The number of methoxy groups -OCH3 is 1. The number of nitrogen functional groups attached to an aromatic ring is 1. The third-order valence-electron chi connectivity index (χ3n) is 3.88. The lowest BCUT2D eigenvalue weighted by Crippen LogP contribution is -2.18. The molecule has 120 valence electrons. The van der Waals surface area contributed by atoms with Crippen molar-refractivity contribution in [2.45, 2.75) is 55.5 Å². The van der Waals surface area contributed by atoms with Gasteiger partial charge in [-0.3, -0.25) is 0 Å². The van der Waals surface area contributed by atoms with Crippen LogP contribution in [0.4, 0.5) is 0 Å². The molecule has 0 atom stereocenters. The van der Waals surface area contributed by atoms with E-state index in [0.717, 1.165) is 27.4 Å². The number of aromatic nitrogens is 4. The number of nitrogens with zero attached hydrogens (tertiary/aromatic N) is 4. The van der Waals surface area contributed by atoms with Crippen LogP contribution in [0.3, 0.4) is 0 Å². The largest absolute Gasteiger partial charge is 0.378 e. The van der Waals surface area contributed by atoms with Gasteiger partial charge in [-0.1, -0.05) is 31.0 Å². The average molecular weight is 339 g/mol. The molecule has 0 aliphatic heterocycles. The van der Waals surface area contributed by atoms with Crippen LogP contribution in [0.2, 0.25) is 0 Å². The Bertz CT molecular complexity index is 606. The molecule has 0 saturated heterocycles. The molecule has 1 aliphatic carbocycles. The summed E-state index contributed by atoms with van der Waals surface area (Å²) in [6.07, 6.45) is 6.20. The summed E-state index contributed by atoms with van der Waals surface area (Å²) in [4.78, 5) is 4.52. The van der Waals surface area contributed by atoms with Crippen LogP contribution in [0.1, 0.15) is 54.5 Å². The second-order valence-electron chi connectivity index (χ2n) is 5.50. The van der Waals surface area contributed by atoms with Crippen LogP contribution in [-0.2, 0) is 17.1 Å². The van der Waals surface area contributed by atoms with Gasteiger partial charge < -0.3 is 10.6 Å².